The Balaban J connectivity index is 1.66. The van der Waals surface area contributed by atoms with E-state index in [1.165, 1.54) is 0 Å². The molecule has 1 aliphatic rings. The number of alkyl halides is 1. The maximum absolute atomic E-state index is 13.8. The van der Waals surface area contributed by atoms with Crippen molar-refractivity contribution in [1.29, 1.82) is 0 Å². The number of nitrogens with one attached hydrogen (secondary N) is 2. The van der Waals surface area contributed by atoms with Crippen molar-refractivity contribution in [2.24, 2.45) is 5.73 Å². The predicted octanol–water partition coefficient (Wildman–Crippen LogP) is 1.22. The topological polar surface area (TPSA) is 97.3 Å². The molecule has 3 aromatic rings. The van der Waals surface area contributed by atoms with Gasteiger partial charge in [-0.25, -0.2) is 14.4 Å². The normalized spacial score (nSPS) is 20.0. The highest BCUT2D eigenvalue weighted by Crippen LogP contribution is 2.22. The van der Waals surface area contributed by atoms with Crippen LogP contribution < -0.4 is 16.4 Å². The van der Waals surface area contributed by atoms with Crippen molar-refractivity contribution in [2.45, 2.75) is 12.2 Å². The highest BCUT2D eigenvalue weighted by molar-refractivity contribution is 5.93. The molecule has 4 heterocycles. The molecular weight excluding hydrogens is 323 g/mol. The van der Waals surface area contributed by atoms with Crippen LogP contribution in [0.4, 0.5) is 10.2 Å². The Morgan fingerprint density at radius 3 is 3.00 bits per heavy atom. The van der Waals surface area contributed by atoms with Crippen LogP contribution in [0.3, 0.4) is 0 Å². The van der Waals surface area contributed by atoms with E-state index in [4.69, 9.17) is 5.73 Å². The van der Waals surface area contributed by atoms with Gasteiger partial charge in [0.25, 0.3) is 0 Å². The molecule has 0 aromatic carbocycles. The van der Waals surface area contributed by atoms with E-state index >= 15 is 0 Å². The average molecular weight is 340 g/mol. The van der Waals surface area contributed by atoms with E-state index in [1.54, 1.807) is 24.5 Å². The number of aromatic nitrogens is 3. The Morgan fingerprint density at radius 2 is 2.24 bits per heavy atom. The molecule has 0 bridgehead atoms. The van der Waals surface area contributed by atoms with Crippen molar-refractivity contribution in [2.75, 3.05) is 18.4 Å². The number of nitrogens with two attached hydrogens (primary N) is 1. The van der Waals surface area contributed by atoms with Gasteiger partial charge in [0.1, 0.15) is 17.6 Å². The number of imidazole rings is 1. The van der Waals surface area contributed by atoms with E-state index in [9.17, 15) is 9.18 Å². The molecule has 4 N–H and O–H groups in total. The standard InChI is InChI=1S/C17H17FN6O/c18-11-7-20-8-13(11)23-15-3-1-2-12(22-15)14-9-21-16-6-10(17(19)25)4-5-24(14)16/h1-6,9,11,13,20H,7-8H2,(H2,19,25)(H,22,23)/t11-,13-/m0/s1. The molecule has 2 atom stereocenters. The van der Waals surface area contributed by atoms with E-state index in [0.717, 1.165) is 5.69 Å². The number of hydrogen-bond donors (Lipinski definition) is 3. The minimum atomic E-state index is -0.937. The second kappa shape index (κ2) is 6.14. The SMILES string of the molecule is NC(=O)c1ccn2c(-c3cccc(N[C@H]4CNC[C@@H]4F)n3)cnc2c1. The molecule has 0 aliphatic carbocycles. The van der Waals surface area contributed by atoms with Gasteiger partial charge in [-0.05, 0) is 24.3 Å². The first-order valence-electron chi connectivity index (χ1n) is 7.97. The largest absolute Gasteiger partial charge is 0.366 e. The van der Waals surface area contributed by atoms with E-state index in [2.05, 4.69) is 20.6 Å². The molecule has 0 saturated carbocycles. The maximum atomic E-state index is 13.8. The molecule has 3 aromatic heterocycles. The molecule has 7 nitrogen and oxygen atoms in total. The first-order valence-corrected chi connectivity index (χ1v) is 7.97. The van der Waals surface area contributed by atoms with E-state index in [-0.39, 0.29) is 6.04 Å². The third kappa shape index (κ3) is 2.91. The number of fused-ring (bicyclic) bond motifs is 1. The Labute approximate surface area is 143 Å². The van der Waals surface area contributed by atoms with E-state index in [1.807, 2.05) is 22.6 Å². The summed E-state index contributed by atoms with van der Waals surface area (Å²) in [7, 11) is 0. The Hall–Kier alpha value is -3.00. The van der Waals surface area contributed by atoms with Crippen molar-refractivity contribution in [1.82, 2.24) is 19.7 Å². The third-order valence-electron chi connectivity index (χ3n) is 4.28. The third-order valence-corrected chi connectivity index (χ3v) is 4.28. The van der Waals surface area contributed by atoms with Gasteiger partial charge in [0.2, 0.25) is 5.91 Å². The molecule has 1 saturated heterocycles. The van der Waals surface area contributed by atoms with Gasteiger partial charge >= 0.3 is 0 Å². The number of carbonyl (C=O) groups excluding carboxylic acids is 1. The zero-order valence-electron chi connectivity index (χ0n) is 13.3. The molecular formula is C17H17FN6O. The summed E-state index contributed by atoms with van der Waals surface area (Å²) in [6.07, 6.45) is 2.48. The minimum Gasteiger partial charge on any atom is -0.366 e. The number of amides is 1. The highest BCUT2D eigenvalue weighted by atomic mass is 19.1. The lowest BCUT2D eigenvalue weighted by Crippen LogP contribution is -2.29. The smallest absolute Gasteiger partial charge is 0.248 e. The number of nitrogens with zero attached hydrogens (tertiary/aromatic N) is 3. The van der Waals surface area contributed by atoms with Crippen LogP contribution in [0.25, 0.3) is 17.0 Å². The minimum absolute atomic E-state index is 0.289. The lowest BCUT2D eigenvalue weighted by Gasteiger charge is -2.15. The van der Waals surface area contributed by atoms with Gasteiger partial charge in [-0.1, -0.05) is 6.07 Å². The summed E-state index contributed by atoms with van der Waals surface area (Å²) in [6, 6.07) is 8.51. The van der Waals surface area contributed by atoms with Crippen molar-refractivity contribution in [3.8, 4) is 11.4 Å². The van der Waals surface area contributed by atoms with Gasteiger partial charge in [-0.2, -0.15) is 0 Å². The van der Waals surface area contributed by atoms with Crippen molar-refractivity contribution < 1.29 is 9.18 Å². The van der Waals surface area contributed by atoms with Crippen LogP contribution in [0.1, 0.15) is 10.4 Å². The van der Waals surface area contributed by atoms with Crippen LogP contribution in [0, 0.1) is 0 Å². The average Bonchev–Trinajstić information content (AvgIpc) is 3.21. The number of rotatable bonds is 4. The van der Waals surface area contributed by atoms with Crippen molar-refractivity contribution in [3.63, 3.8) is 0 Å². The zero-order valence-corrected chi connectivity index (χ0v) is 13.3. The summed E-state index contributed by atoms with van der Waals surface area (Å²) < 4.78 is 15.6. The molecule has 0 spiro atoms. The summed E-state index contributed by atoms with van der Waals surface area (Å²) in [4.78, 5) is 20.2. The molecule has 25 heavy (non-hydrogen) atoms. The van der Waals surface area contributed by atoms with E-state index in [0.29, 0.717) is 35.8 Å². The fourth-order valence-corrected chi connectivity index (χ4v) is 2.96. The number of pyridine rings is 2. The van der Waals surface area contributed by atoms with Crippen LogP contribution in [0.2, 0.25) is 0 Å². The lowest BCUT2D eigenvalue weighted by atomic mass is 10.2. The monoisotopic (exact) mass is 340 g/mol. The fraction of sp³-hybridized carbons (Fsp3) is 0.235. The number of primary amides is 1. The van der Waals surface area contributed by atoms with Gasteiger partial charge in [0.05, 0.1) is 23.6 Å². The molecule has 4 rings (SSSR count). The fourth-order valence-electron chi connectivity index (χ4n) is 2.96. The summed E-state index contributed by atoms with van der Waals surface area (Å²) >= 11 is 0. The molecule has 1 aliphatic heterocycles. The summed E-state index contributed by atoms with van der Waals surface area (Å²) in [5, 5.41) is 6.13. The first kappa shape index (κ1) is 15.5. The second-order valence-corrected chi connectivity index (χ2v) is 5.98. The summed E-state index contributed by atoms with van der Waals surface area (Å²) in [5.41, 5.74) is 7.78. The van der Waals surface area contributed by atoms with Gasteiger partial charge < -0.3 is 16.4 Å². The zero-order chi connectivity index (χ0) is 17.4. The maximum Gasteiger partial charge on any atom is 0.248 e. The van der Waals surface area contributed by atoms with Gasteiger partial charge in [-0.3, -0.25) is 9.20 Å². The van der Waals surface area contributed by atoms with Gasteiger partial charge in [-0.15, -0.1) is 0 Å². The lowest BCUT2D eigenvalue weighted by molar-refractivity contribution is 0.100. The number of anilines is 1. The highest BCUT2D eigenvalue weighted by Gasteiger charge is 2.26. The van der Waals surface area contributed by atoms with Crippen LogP contribution in [-0.2, 0) is 0 Å². The quantitative estimate of drug-likeness (QED) is 0.663. The van der Waals surface area contributed by atoms with Gasteiger partial charge in [0.15, 0.2) is 0 Å². The Bertz CT molecular complexity index is 940. The van der Waals surface area contributed by atoms with Crippen LogP contribution in [-0.4, -0.2) is 45.6 Å². The molecule has 8 heteroatoms. The number of hydrogen-bond acceptors (Lipinski definition) is 5. The number of carbonyl (C=O) groups is 1. The van der Waals surface area contributed by atoms with Crippen LogP contribution in [0.5, 0.6) is 0 Å². The first-order chi connectivity index (χ1) is 12.1. The molecule has 0 radical (unpaired) electrons. The van der Waals surface area contributed by atoms with Crippen LogP contribution >= 0.6 is 0 Å². The number of halogens is 1. The second-order valence-electron chi connectivity index (χ2n) is 5.98. The molecule has 0 unspecified atom stereocenters. The summed E-state index contributed by atoms with van der Waals surface area (Å²) in [6.45, 7) is 0.922. The van der Waals surface area contributed by atoms with E-state index < -0.39 is 12.1 Å². The molecule has 128 valence electrons. The van der Waals surface area contributed by atoms with Crippen LogP contribution in [0.15, 0.2) is 42.7 Å². The van der Waals surface area contributed by atoms with Gasteiger partial charge in [0, 0.05) is 24.8 Å². The Morgan fingerprint density at radius 1 is 1.36 bits per heavy atom. The van der Waals surface area contributed by atoms with Crippen molar-refractivity contribution >= 4 is 17.4 Å². The molecule has 1 amide bonds. The Kier molecular flexibility index (Phi) is 3.81. The van der Waals surface area contributed by atoms with Crippen molar-refractivity contribution in [3.05, 3.63) is 48.3 Å². The molecule has 1 fully saturated rings. The summed E-state index contributed by atoms with van der Waals surface area (Å²) in [5.74, 6) is 0.111. The predicted molar refractivity (Wildman–Crippen MR) is 92.1 cm³/mol.